The highest BCUT2D eigenvalue weighted by Gasteiger charge is 2.40. The smallest absolute Gasteiger partial charge is 0.326 e. The van der Waals surface area contributed by atoms with Gasteiger partial charge in [0.15, 0.2) is 11.5 Å². The van der Waals surface area contributed by atoms with Crippen molar-refractivity contribution in [2.24, 2.45) is 5.92 Å². The Morgan fingerprint density at radius 1 is 1.18 bits per heavy atom. The fourth-order valence-corrected chi connectivity index (χ4v) is 4.89. The van der Waals surface area contributed by atoms with E-state index in [-0.39, 0.29) is 10.2 Å². The molecule has 1 fully saturated rings. The molecule has 0 bridgehead atoms. The van der Waals surface area contributed by atoms with Gasteiger partial charge in [-0.25, -0.2) is 4.79 Å². The second-order valence-electron chi connectivity index (χ2n) is 8.09. The molecule has 1 aliphatic heterocycles. The fourth-order valence-electron chi connectivity index (χ4n) is 3.41. The lowest BCUT2D eigenvalue weighted by atomic mass is 10.0. The first kappa shape index (κ1) is 26.1. The predicted octanol–water partition coefficient (Wildman–Crippen LogP) is 6.02. The third-order valence-corrected chi connectivity index (χ3v) is 6.57. The summed E-state index contributed by atoms with van der Waals surface area (Å²) in [5, 5.41) is 10.3. The number of rotatable bonds is 10. The number of thioether (sulfide) groups is 1. The van der Waals surface area contributed by atoms with Gasteiger partial charge in [-0.1, -0.05) is 67.6 Å². The second-order valence-corrected chi connectivity index (χ2v) is 10.2. The molecule has 34 heavy (non-hydrogen) atoms. The lowest BCUT2D eigenvalue weighted by Gasteiger charge is -2.24. The zero-order valence-electron chi connectivity index (χ0n) is 19.1. The molecule has 2 aromatic carbocycles. The number of thiocarbonyl (C=S) groups is 1. The van der Waals surface area contributed by atoms with Gasteiger partial charge in [-0.3, -0.25) is 9.69 Å². The van der Waals surface area contributed by atoms with Crippen LogP contribution in [0.25, 0.3) is 6.08 Å². The summed E-state index contributed by atoms with van der Waals surface area (Å²) in [5.41, 5.74) is 1.69. The fraction of sp³-hybridized carbons (Fsp3) is 0.320. The summed E-state index contributed by atoms with van der Waals surface area (Å²) < 4.78 is 11.9. The number of carboxylic acids is 1. The Morgan fingerprint density at radius 2 is 1.88 bits per heavy atom. The van der Waals surface area contributed by atoms with Crippen LogP contribution in [0.4, 0.5) is 0 Å². The maximum absolute atomic E-state index is 13.0. The van der Waals surface area contributed by atoms with Crippen molar-refractivity contribution in [3.8, 4) is 11.5 Å². The standard InChI is InChI=1S/C25H26ClNO5S2/c1-4-31-21-12-17(7-10-20(21)32-14-16-5-8-18(26)9-6-16)13-22-23(28)27(25(33)34-22)19(24(29)30)11-15(2)3/h5-10,12-13,15,19H,4,11,14H2,1-3H3,(H,29,30)/b22-13-. The van der Waals surface area contributed by atoms with Crippen molar-refractivity contribution >= 4 is 57.9 Å². The topological polar surface area (TPSA) is 76.1 Å². The zero-order chi connectivity index (χ0) is 24.8. The van der Waals surface area contributed by atoms with E-state index in [0.717, 1.165) is 22.9 Å². The van der Waals surface area contributed by atoms with Crippen LogP contribution >= 0.6 is 35.6 Å². The van der Waals surface area contributed by atoms with Gasteiger partial charge in [0.05, 0.1) is 11.5 Å². The minimum absolute atomic E-state index is 0.101. The lowest BCUT2D eigenvalue weighted by Crippen LogP contribution is -2.44. The largest absolute Gasteiger partial charge is 0.490 e. The minimum atomic E-state index is -1.06. The first-order valence-electron chi connectivity index (χ1n) is 10.8. The summed E-state index contributed by atoms with van der Waals surface area (Å²) in [4.78, 5) is 26.4. The van der Waals surface area contributed by atoms with Gasteiger partial charge in [-0.15, -0.1) is 0 Å². The molecule has 1 N–H and O–H groups in total. The SMILES string of the molecule is CCOc1cc(/C=C2\SC(=S)N(C(CC(C)C)C(=O)O)C2=O)ccc1OCc1ccc(Cl)cc1. The summed E-state index contributed by atoms with van der Waals surface area (Å²) in [6, 6.07) is 11.8. The second kappa shape index (κ2) is 11.7. The number of nitrogens with zero attached hydrogens (tertiary/aromatic N) is 1. The van der Waals surface area contributed by atoms with Crippen molar-refractivity contribution in [2.45, 2.75) is 39.8 Å². The van der Waals surface area contributed by atoms with Crippen LogP contribution in [-0.4, -0.2) is 38.9 Å². The summed E-state index contributed by atoms with van der Waals surface area (Å²) in [6.07, 6.45) is 2.02. The zero-order valence-corrected chi connectivity index (χ0v) is 21.5. The van der Waals surface area contributed by atoms with Gasteiger partial charge in [0, 0.05) is 5.02 Å². The molecule has 2 aromatic rings. The first-order chi connectivity index (χ1) is 16.2. The van der Waals surface area contributed by atoms with Crippen molar-refractivity contribution in [3.63, 3.8) is 0 Å². The van der Waals surface area contributed by atoms with Crippen molar-refractivity contribution in [3.05, 3.63) is 63.5 Å². The molecule has 3 rings (SSSR count). The molecule has 0 aliphatic carbocycles. The van der Waals surface area contributed by atoms with E-state index in [2.05, 4.69) is 0 Å². The van der Waals surface area contributed by atoms with Crippen molar-refractivity contribution in [1.82, 2.24) is 4.90 Å². The third kappa shape index (κ3) is 6.52. The maximum Gasteiger partial charge on any atom is 0.326 e. The Balaban J connectivity index is 1.81. The maximum atomic E-state index is 13.0. The van der Waals surface area contributed by atoms with E-state index in [1.165, 1.54) is 4.90 Å². The molecule has 0 spiro atoms. The number of hydrogen-bond donors (Lipinski definition) is 1. The Hall–Kier alpha value is -2.55. The number of benzene rings is 2. The highest BCUT2D eigenvalue weighted by atomic mass is 35.5. The van der Waals surface area contributed by atoms with E-state index in [9.17, 15) is 14.7 Å². The molecule has 1 saturated heterocycles. The summed E-state index contributed by atoms with van der Waals surface area (Å²) in [6.45, 7) is 6.49. The molecular formula is C25H26ClNO5S2. The van der Waals surface area contributed by atoms with Gasteiger partial charge < -0.3 is 14.6 Å². The van der Waals surface area contributed by atoms with Crippen LogP contribution in [0.5, 0.6) is 11.5 Å². The number of hydrogen-bond acceptors (Lipinski definition) is 6. The molecule has 9 heteroatoms. The third-order valence-electron chi connectivity index (χ3n) is 4.99. The number of amides is 1. The molecule has 1 heterocycles. The normalized spacial score (nSPS) is 15.8. The molecule has 0 radical (unpaired) electrons. The van der Waals surface area contributed by atoms with Crippen LogP contribution in [0.1, 0.15) is 38.3 Å². The van der Waals surface area contributed by atoms with Gasteiger partial charge in [-0.2, -0.15) is 0 Å². The van der Waals surface area contributed by atoms with E-state index >= 15 is 0 Å². The minimum Gasteiger partial charge on any atom is -0.490 e. The number of carbonyl (C=O) groups is 2. The van der Waals surface area contributed by atoms with Crippen LogP contribution in [-0.2, 0) is 16.2 Å². The molecule has 180 valence electrons. The summed E-state index contributed by atoms with van der Waals surface area (Å²) in [5.74, 6) is -0.242. The average molecular weight is 520 g/mol. The van der Waals surface area contributed by atoms with Gasteiger partial charge >= 0.3 is 5.97 Å². The Kier molecular flexibility index (Phi) is 8.99. The van der Waals surface area contributed by atoms with Crippen LogP contribution in [0, 0.1) is 5.92 Å². The number of ether oxygens (including phenoxy) is 2. The number of carboxylic acid groups (broad SMARTS) is 1. The highest BCUT2D eigenvalue weighted by molar-refractivity contribution is 8.26. The monoisotopic (exact) mass is 519 g/mol. The lowest BCUT2D eigenvalue weighted by molar-refractivity contribution is -0.145. The van der Waals surface area contributed by atoms with Crippen LogP contribution in [0.15, 0.2) is 47.4 Å². The van der Waals surface area contributed by atoms with Crippen molar-refractivity contribution in [2.75, 3.05) is 6.61 Å². The Morgan fingerprint density at radius 3 is 2.50 bits per heavy atom. The summed E-state index contributed by atoms with van der Waals surface area (Å²) in [7, 11) is 0. The molecule has 1 unspecified atom stereocenters. The van der Waals surface area contributed by atoms with Crippen LogP contribution in [0.2, 0.25) is 5.02 Å². The predicted molar refractivity (Wildman–Crippen MR) is 139 cm³/mol. The Bertz CT molecular complexity index is 1100. The highest BCUT2D eigenvalue weighted by Crippen LogP contribution is 2.37. The van der Waals surface area contributed by atoms with Crippen LogP contribution in [0.3, 0.4) is 0 Å². The van der Waals surface area contributed by atoms with Gasteiger partial charge in [0.1, 0.15) is 17.0 Å². The van der Waals surface area contributed by atoms with Crippen molar-refractivity contribution < 1.29 is 24.2 Å². The first-order valence-corrected chi connectivity index (χ1v) is 12.4. The number of halogens is 1. The average Bonchev–Trinajstić information content (AvgIpc) is 3.05. The van der Waals surface area contributed by atoms with Gasteiger partial charge in [0.25, 0.3) is 5.91 Å². The van der Waals surface area contributed by atoms with E-state index in [4.69, 9.17) is 33.3 Å². The number of carbonyl (C=O) groups excluding carboxylic acids is 1. The molecule has 0 saturated carbocycles. The molecule has 0 aromatic heterocycles. The van der Waals surface area contributed by atoms with Gasteiger partial charge in [0.2, 0.25) is 0 Å². The molecular weight excluding hydrogens is 494 g/mol. The molecule has 1 amide bonds. The van der Waals surface area contributed by atoms with E-state index in [1.807, 2.05) is 39.0 Å². The molecule has 1 aliphatic rings. The van der Waals surface area contributed by atoms with E-state index in [0.29, 0.717) is 41.1 Å². The van der Waals surface area contributed by atoms with Crippen LogP contribution < -0.4 is 9.47 Å². The quantitative estimate of drug-likeness (QED) is 0.304. The summed E-state index contributed by atoms with van der Waals surface area (Å²) >= 11 is 12.4. The van der Waals surface area contributed by atoms with E-state index in [1.54, 1.807) is 30.3 Å². The van der Waals surface area contributed by atoms with E-state index < -0.39 is 17.9 Å². The molecule has 6 nitrogen and oxygen atoms in total. The molecule has 1 atom stereocenters. The van der Waals surface area contributed by atoms with Crippen molar-refractivity contribution in [1.29, 1.82) is 0 Å². The Labute approximate surface area is 213 Å². The van der Waals surface area contributed by atoms with Gasteiger partial charge in [-0.05, 0) is 60.7 Å². The number of aliphatic carboxylic acids is 1.